The van der Waals surface area contributed by atoms with E-state index in [2.05, 4.69) is 20.9 Å². The fourth-order valence-corrected chi connectivity index (χ4v) is 6.84. The van der Waals surface area contributed by atoms with E-state index in [0.29, 0.717) is 24.4 Å². The molecule has 3 aliphatic heterocycles. The summed E-state index contributed by atoms with van der Waals surface area (Å²) in [6.45, 7) is 3.42. The lowest BCUT2D eigenvalue weighted by molar-refractivity contribution is 0.0672. The Balaban J connectivity index is 1.32. The second kappa shape index (κ2) is 8.03. The molecule has 0 amide bonds. The summed E-state index contributed by atoms with van der Waals surface area (Å²) in [5, 5.41) is 11.2. The molecule has 0 bridgehead atoms. The summed E-state index contributed by atoms with van der Waals surface area (Å²) in [7, 11) is -2.87. The third kappa shape index (κ3) is 4.27. The van der Waals surface area contributed by atoms with Crippen molar-refractivity contribution in [3.05, 3.63) is 0 Å². The van der Waals surface area contributed by atoms with Crippen molar-refractivity contribution in [1.29, 1.82) is 0 Å². The van der Waals surface area contributed by atoms with Crippen molar-refractivity contribution in [3.63, 3.8) is 0 Å². The normalized spacial score (nSPS) is 42.5. The van der Waals surface area contributed by atoms with Gasteiger partial charge in [0.25, 0.3) is 0 Å². The Kier molecular flexibility index (Phi) is 5.91. The first-order chi connectivity index (χ1) is 12.5. The first-order valence-electron chi connectivity index (χ1n) is 10.7. The number of hydrogen-bond donors (Lipinski definition) is 3. The topological polar surface area (TPSA) is 73.5 Å². The summed E-state index contributed by atoms with van der Waals surface area (Å²) in [4.78, 5) is 2.68. The minimum Gasteiger partial charge on any atom is -0.315 e. The Morgan fingerprint density at radius 3 is 2.50 bits per heavy atom. The molecule has 4 atom stereocenters. The van der Waals surface area contributed by atoms with Crippen LogP contribution >= 0.6 is 0 Å². The summed E-state index contributed by atoms with van der Waals surface area (Å²) in [5.74, 6) is 0.769. The van der Waals surface area contributed by atoms with Crippen molar-refractivity contribution >= 4 is 9.84 Å². The molecule has 0 aromatic heterocycles. The van der Waals surface area contributed by atoms with E-state index in [0.717, 1.165) is 44.7 Å². The van der Waals surface area contributed by atoms with Crippen LogP contribution < -0.4 is 16.0 Å². The summed E-state index contributed by atoms with van der Waals surface area (Å²) in [6, 6.07) is 1.16. The third-order valence-corrected chi connectivity index (χ3v) is 8.89. The van der Waals surface area contributed by atoms with Crippen molar-refractivity contribution in [2.75, 3.05) is 25.9 Å². The average molecular weight is 385 g/mol. The van der Waals surface area contributed by atoms with Gasteiger partial charge < -0.3 is 5.32 Å². The highest BCUT2D eigenvalue weighted by molar-refractivity contribution is 7.91. The summed E-state index contributed by atoms with van der Waals surface area (Å²) in [6.07, 6.45) is 12.4. The van der Waals surface area contributed by atoms with E-state index in [4.69, 9.17) is 0 Å². The molecule has 4 unspecified atom stereocenters. The van der Waals surface area contributed by atoms with Crippen molar-refractivity contribution in [1.82, 2.24) is 20.9 Å². The van der Waals surface area contributed by atoms with Gasteiger partial charge in [0, 0.05) is 31.4 Å². The zero-order valence-electron chi connectivity index (χ0n) is 16.1. The van der Waals surface area contributed by atoms with Crippen LogP contribution in [0.15, 0.2) is 0 Å². The molecule has 4 fully saturated rings. The number of piperidine rings is 2. The number of sulfone groups is 1. The van der Waals surface area contributed by atoms with Gasteiger partial charge in [-0.05, 0) is 70.3 Å². The molecular weight excluding hydrogens is 348 g/mol. The molecule has 1 saturated carbocycles. The van der Waals surface area contributed by atoms with Gasteiger partial charge in [-0.25, -0.2) is 8.42 Å². The van der Waals surface area contributed by atoms with Gasteiger partial charge in [0.05, 0.1) is 17.6 Å². The maximum atomic E-state index is 11.8. The number of hydrogen-bond acceptors (Lipinski definition) is 6. The Bertz CT molecular complexity index is 570. The lowest BCUT2D eigenvalue weighted by atomic mass is 9.91. The smallest absolute Gasteiger partial charge is 0.150 e. The standard InChI is InChI=1S/C19H36N4O2S/c1-26(24,25)17-7-5-16(6-8-17)23-12-10-14-4-9-18(22-19(14)23)21-15-3-2-11-20-13-15/h14-22H,2-13H2,1H3. The molecule has 6 nitrogen and oxygen atoms in total. The van der Waals surface area contributed by atoms with Crippen LogP contribution in [-0.4, -0.2) is 68.9 Å². The number of rotatable bonds is 4. The van der Waals surface area contributed by atoms with E-state index in [1.165, 1.54) is 44.9 Å². The first-order valence-corrected chi connectivity index (χ1v) is 12.6. The maximum absolute atomic E-state index is 11.8. The molecular formula is C19H36N4O2S. The molecule has 150 valence electrons. The Hall–Kier alpha value is -0.210. The SMILES string of the molecule is CS(=O)(=O)C1CCC(N2CCC3CCC(NC4CCCNC4)NC32)CC1. The molecule has 3 heterocycles. The predicted octanol–water partition coefficient (Wildman–Crippen LogP) is 1.04. The maximum Gasteiger partial charge on any atom is 0.150 e. The second-order valence-electron chi connectivity index (χ2n) is 9.00. The summed E-state index contributed by atoms with van der Waals surface area (Å²) < 4.78 is 23.7. The zero-order chi connectivity index (χ0) is 18.1. The molecule has 0 aromatic rings. The zero-order valence-corrected chi connectivity index (χ0v) is 16.9. The highest BCUT2D eigenvalue weighted by atomic mass is 32.2. The van der Waals surface area contributed by atoms with Gasteiger partial charge in [-0.3, -0.25) is 15.5 Å². The summed E-state index contributed by atoms with van der Waals surface area (Å²) >= 11 is 0. The predicted molar refractivity (Wildman–Crippen MR) is 105 cm³/mol. The molecule has 4 aliphatic rings. The number of nitrogens with one attached hydrogen (secondary N) is 3. The van der Waals surface area contributed by atoms with Gasteiger partial charge in [0.2, 0.25) is 0 Å². The molecule has 7 heteroatoms. The largest absolute Gasteiger partial charge is 0.315 e. The molecule has 26 heavy (non-hydrogen) atoms. The van der Waals surface area contributed by atoms with Gasteiger partial charge in [-0.2, -0.15) is 0 Å². The molecule has 0 radical (unpaired) electrons. The van der Waals surface area contributed by atoms with Crippen LogP contribution in [0.1, 0.15) is 57.8 Å². The van der Waals surface area contributed by atoms with Crippen molar-refractivity contribution in [3.8, 4) is 0 Å². The van der Waals surface area contributed by atoms with Gasteiger partial charge in [-0.1, -0.05) is 0 Å². The highest BCUT2D eigenvalue weighted by Gasteiger charge is 2.43. The van der Waals surface area contributed by atoms with E-state index in [1.54, 1.807) is 0 Å². The Morgan fingerprint density at radius 1 is 1.00 bits per heavy atom. The van der Waals surface area contributed by atoms with Gasteiger partial charge in [-0.15, -0.1) is 0 Å². The van der Waals surface area contributed by atoms with E-state index in [1.807, 2.05) is 0 Å². The van der Waals surface area contributed by atoms with E-state index in [-0.39, 0.29) is 5.25 Å². The van der Waals surface area contributed by atoms with Gasteiger partial charge >= 0.3 is 0 Å². The van der Waals surface area contributed by atoms with Crippen LogP contribution in [0.2, 0.25) is 0 Å². The molecule has 0 aromatic carbocycles. The highest BCUT2D eigenvalue weighted by Crippen LogP contribution is 2.36. The van der Waals surface area contributed by atoms with Crippen molar-refractivity contribution < 1.29 is 8.42 Å². The van der Waals surface area contributed by atoms with Gasteiger partial charge in [0.15, 0.2) is 0 Å². The lowest BCUT2D eigenvalue weighted by Gasteiger charge is -2.43. The minimum atomic E-state index is -2.87. The molecule has 1 aliphatic carbocycles. The second-order valence-corrected chi connectivity index (χ2v) is 11.3. The van der Waals surface area contributed by atoms with Crippen molar-refractivity contribution in [2.24, 2.45) is 5.92 Å². The van der Waals surface area contributed by atoms with Crippen LogP contribution in [0.25, 0.3) is 0 Å². The van der Waals surface area contributed by atoms with Crippen LogP contribution in [0.4, 0.5) is 0 Å². The Labute approximate surface area is 158 Å². The minimum absolute atomic E-state index is 0.107. The molecule has 4 rings (SSSR count). The number of likely N-dealkylation sites (tertiary alicyclic amines) is 1. The van der Waals surface area contributed by atoms with E-state index >= 15 is 0 Å². The van der Waals surface area contributed by atoms with Crippen LogP contribution in [0, 0.1) is 5.92 Å². The van der Waals surface area contributed by atoms with Gasteiger partial charge in [0.1, 0.15) is 9.84 Å². The fourth-order valence-electron chi connectivity index (χ4n) is 5.71. The number of fused-ring (bicyclic) bond motifs is 1. The molecule has 0 spiro atoms. The van der Waals surface area contributed by atoms with Crippen LogP contribution in [0.5, 0.6) is 0 Å². The van der Waals surface area contributed by atoms with Crippen LogP contribution in [0.3, 0.4) is 0 Å². The fraction of sp³-hybridized carbons (Fsp3) is 1.00. The van der Waals surface area contributed by atoms with E-state index in [9.17, 15) is 8.42 Å². The quantitative estimate of drug-likeness (QED) is 0.673. The van der Waals surface area contributed by atoms with Crippen LogP contribution in [-0.2, 0) is 9.84 Å². The monoisotopic (exact) mass is 384 g/mol. The summed E-state index contributed by atoms with van der Waals surface area (Å²) in [5.41, 5.74) is 0. The molecule has 3 N–H and O–H groups in total. The third-order valence-electron chi connectivity index (χ3n) is 7.21. The number of nitrogens with zero attached hydrogens (tertiary/aromatic N) is 1. The first kappa shape index (κ1) is 19.1. The average Bonchev–Trinajstić information content (AvgIpc) is 3.05. The lowest BCUT2D eigenvalue weighted by Crippen LogP contribution is -2.62. The molecule has 3 saturated heterocycles. The van der Waals surface area contributed by atoms with Crippen molar-refractivity contribution in [2.45, 2.75) is 87.5 Å². The van der Waals surface area contributed by atoms with E-state index < -0.39 is 9.84 Å². The Morgan fingerprint density at radius 2 is 1.81 bits per heavy atom.